The van der Waals surface area contributed by atoms with Crippen LogP contribution in [0.4, 0.5) is 5.69 Å². The van der Waals surface area contributed by atoms with E-state index in [0.29, 0.717) is 16.3 Å². The van der Waals surface area contributed by atoms with Crippen LogP contribution in [0.3, 0.4) is 0 Å². The summed E-state index contributed by atoms with van der Waals surface area (Å²) < 4.78 is 10.2. The van der Waals surface area contributed by atoms with E-state index in [1.807, 2.05) is 20.8 Å². The quantitative estimate of drug-likeness (QED) is 0.359. The van der Waals surface area contributed by atoms with Gasteiger partial charge in [0.25, 0.3) is 0 Å². The zero-order chi connectivity index (χ0) is 18.1. The number of esters is 1. The van der Waals surface area contributed by atoms with Gasteiger partial charge in [-0.2, -0.15) is 0 Å². The summed E-state index contributed by atoms with van der Waals surface area (Å²) in [5.41, 5.74) is 0.0204. The Morgan fingerprint density at radius 1 is 1.33 bits per heavy atom. The van der Waals surface area contributed by atoms with Gasteiger partial charge in [0.15, 0.2) is 0 Å². The molecule has 0 bridgehead atoms. The van der Waals surface area contributed by atoms with Gasteiger partial charge in [-0.05, 0) is 19.1 Å². The molecule has 0 N–H and O–H groups in total. The van der Waals surface area contributed by atoms with E-state index in [2.05, 4.69) is 4.98 Å². The van der Waals surface area contributed by atoms with Crippen molar-refractivity contribution in [2.24, 2.45) is 0 Å². The molecule has 7 nitrogen and oxygen atoms in total. The largest absolute Gasteiger partial charge is 0.496 e. The van der Waals surface area contributed by atoms with Crippen LogP contribution in [0.1, 0.15) is 41.1 Å². The molecule has 0 radical (unpaired) electrons. The summed E-state index contributed by atoms with van der Waals surface area (Å²) in [7, 11) is 1.40. The Labute approximate surface area is 143 Å². The van der Waals surface area contributed by atoms with Crippen molar-refractivity contribution in [3.8, 4) is 11.5 Å². The molecule has 0 amide bonds. The van der Waals surface area contributed by atoms with Crippen LogP contribution in [0.25, 0.3) is 0 Å². The number of benzene rings is 1. The summed E-state index contributed by atoms with van der Waals surface area (Å²) in [5, 5.41) is 12.0. The van der Waals surface area contributed by atoms with E-state index in [9.17, 15) is 14.9 Å². The molecule has 1 aromatic heterocycles. The molecule has 0 fully saturated rings. The number of nitro benzene ring substituents is 1. The number of carbonyl (C=O) groups excluding carboxylic acids is 1. The molecule has 2 aromatic rings. The number of nitro groups is 1. The van der Waals surface area contributed by atoms with Gasteiger partial charge in [0.05, 0.1) is 28.8 Å². The summed E-state index contributed by atoms with van der Waals surface area (Å²) in [6.07, 6.45) is 0. The first-order valence-electron chi connectivity index (χ1n) is 7.16. The van der Waals surface area contributed by atoms with E-state index in [4.69, 9.17) is 9.47 Å². The molecule has 0 aliphatic rings. The average Bonchev–Trinajstić information content (AvgIpc) is 2.89. The third-order valence-corrected chi connectivity index (χ3v) is 4.75. The first-order valence-corrected chi connectivity index (χ1v) is 7.97. The number of nitrogens with zero attached hydrogens (tertiary/aromatic N) is 2. The van der Waals surface area contributed by atoms with Crippen LogP contribution in [0.2, 0.25) is 0 Å². The average molecular weight is 350 g/mol. The van der Waals surface area contributed by atoms with Crippen LogP contribution in [0, 0.1) is 17.0 Å². The minimum atomic E-state index is -0.659. The summed E-state index contributed by atoms with van der Waals surface area (Å²) in [5.74, 6) is -0.477. The Morgan fingerprint density at radius 2 is 2.00 bits per heavy atom. The lowest BCUT2D eigenvalue weighted by molar-refractivity contribution is -0.385. The lowest BCUT2D eigenvalue weighted by Gasteiger charge is -2.13. The number of hydrogen-bond acceptors (Lipinski definition) is 7. The fourth-order valence-corrected chi connectivity index (χ4v) is 2.91. The van der Waals surface area contributed by atoms with Crippen LogP contribution in [0.15, 0.2) is 18.2 Å². The van der Waals surface area contributed by atoms with Gasteiger partial charge in [-0.1, -0.05) is 20.8 Å². The summed E-state index contributed by atoms with van der Waals surface area (Å²) >= 11 is 1.24. The number of thiazole rings is 1. The fraction of sp³-hybridized carbons (Fsp3) is 0.375. The van der Waals surface area contributed by atoms with Gasteiger partial charge in [-0.3, -0.25) is 10.1 Å². The smallest absolute Gasteiger partial charge is 0.355 e. The maximum atomic E-state index is 12.4. The van der Waals surface area contributed by atoms with Crippen molar-refractivity contribution in [3.05, 3.63) is 43.9 Å². The maximum Gasteiger partial charge on any atom is 0.355 e. The number of carbonyl (C=O) groups is 1. The molecule has 0 aliphatic heterocycles. The van der Waals surface area contributed by atoms with Gasteiger partial charge in [-0.15, -0.1) is 11.3 Å². The van der Waals surface area contributed by atoms with Gasteiger partial charge in [0.1, 0.15) is 10.6 Å². The van der Waals surface area contributed by atoms with E-state index < -0.39 is 10.9 Å². The Balaban J connectivity index is 2.34. The molecule has 0 aliphatic carbocycles. The first-order chi connectivity index (χ1) is 11.1. The van der Waals surface area contributed by atoms with Crippen LogP contribution in [0.5, 0.6) is 11.5 Å². The highest BCUT2D eigenvalue weighted by atomic mass is 32.1. The Morgan fingerprint density at radius 3 is 2.50 bits per heavy atom. The van der Waals surface area contributed by atoms with Crippen molar-refractivity contribution in [1.29, 1.82) is 0 Å². The number of aromatic nitrogens is 1. The van der Waals surface area contributed by atoms with Crippen LogP contribution in [-0.2, 0) is 5.41 Å². The molecule has 24 heavy (non-hydrogen) atoms. The molecule has 8 heteroatoms. The zero-order valence-electron chi connectivity index (χ0n) is 14.1. The van der Waals surface area contributed by atoms with Crippen LogP contribution in [-0.4, -0.2) is 23.0 Å². The van der Waals surface area contributed by atoms with Crippen molar-refractivity contribution in [2.45, 2.75) is 33.1 Å². The topological polar surface area (TPSA) is 91.6 Å². The second-order valence-corrected chi connectivity index (χ2v) is 7.16. The molecule has 2 rings (SSSR count). The van der Waals surface area contributed by atoms with Gasteiger partial charge >= 0.3 is 11.7 Å². The maximum absolute atomic E-state index is 12.4. The number of rotatable bonds is 4. The molecule has 1 aromatic carbocycles. The van der Waals surface area contributed by atoms with E-state index >= 15 is 0 Å². The number of methoxy groups -OCH3 is 1. The Bertz CT molecular complexity index is 792. The summed E-state index contributed by atoms with van der Waals surface area (Å²) in [6, 6.07) is 4.05. The van der Waals surface area contributed by atoms with E-state index in [-0.39, 0.29) is 16.9 Å². The Hall–Kier alpha value is -2.48. The van der Waals surface area contributed by atoms with Crippen molar-refractivity contribution in [2.75, 3.05) is 7.11 Å². The molecule has 1 heterocycles. The number of ether oxygens (including phenoxy) is 2. The molecule has 0 atom stereocenters. The Kier molecular flexibility index (Phi) is 4.88. The van der Waals surface area contributed by atoms with Crippen LogP contribution < -0.4 is 9.47 Å². The van der Waals surface area contributed by atoms with E-state index in [1.54, 1.807) is 6.92 Å². The lowest BCUT2D eigenvalue weighted by Crippen LogP contribution is -2.10. The van der Waals surface area contributed by atoms with Crippen molar-refractivity contribution in [1.82, 2.24) is 4.98 Å². The molecule has 0 spiro atoms. The molecule has 0 saturated carbocycles. The number of aryl methyl sites for hydroxylation is 1. The molecular weight excluding hydrogens is 332 g/mol. The first kappa shape index (κ1) is 17.9. The SMILES string of the molecule is COc1ccc(OC(=O)c2sc(C(C)(C)C)nc2C)c([N+](=O)[O-])c1. The fourth-order valence-electron chi connectivity index (χ4n) is 1.91. The van der Waals surface area contributed by atoms with Gasteiger partial charge in [0, 0.05) is 5.41 Å². The standard InChI is InChI=1S/C16H18N2O5S/c1-9-13(24-15(17-9)16(2,3)4)14(19)23-12-7-6-10(22-5)8-11(12)18(20)21/h6-8H,1-5H3. The third-order valence-electron chi connectivity index (χ3n) is 3.19. The second kappa shape index (κ2) is 6.56. The predicted octanol–water partition coefficient (Wildman–Crippen LogP) is 3.89. The van der Waals surface area contributed by atoms with Gasteiger partial charge < -0.3 is 9.47 Å². The normalized spacial score (nSPS) is 11.2. The number of hydrogen-bond donors (Lipinski definition) is 0. The third kappa shape index (κ3) is 3.70. The second-order valence-electron chi connectivity index (χ2n) is 6.16. The van der Waals surface area contributed by atoms with Crippen molar-refractivity contribution >= 4 is 23.0 Å². The van der Waals surface area contributed by atoms with Crippen molar-refractivity contribution in [3.63, 3.8) is 0 Å². The predicted molar refractivity (Wildman–Crippen MR) is 90.2 cm³/mol. The van der Waals surface area contributed by atoms with E-state index in [1.165, 1.54) is 36.6 Å². The highest BCUT2D eigenvalue weighted by Crippen LogP contribution is 2.33. The van der Waals surface area contributed by atoms with Gasteiger partial charge in [-0.25, -0.2) is 9.78 Å². The van der Waals surface area contributed by atoms with Gasteiger partial charge in [0.2, 0.25) is 5.75 Å². The zero-order valence-corrected chi connectivity index (χ0v) is 14.9. The summed E-state index contributed by atoms with van der Waals surface area (Å²) in [4.78, 5) is 27.7. The minimum Gasteiger partial charge on any atom is -0.496 e. The molecule has 0 saturated heterocycles. The molecular formula is C16H18N2O5S. The van der Waals surface area contributed by atoms with Crippen molar-refractivity contribution < 1.29 is 19.2 Å². The highest BCUT2D eigenvalue weighted by Gasteiger charge is 2.26. The lowest BCUT2D eigenvalue weighted by atomic mass is 9.98. The molecule has 128 valence electrons. The minimum absolute atomic E-state index is 0.129. The molecule has 0 unspecified atom stereocenters. The van der Waals surface area contributed by atoms with E-state index in [0.717, 1.165) is 5.01 Å². The monoisotopic (exact) mass is 350 g/mol. The highest BCUT2D eigenvalue weighted by molar-refractivity contribution is 7.13. The van der Waals surface area contributed by atoms with Crippen LogP contribution >= 0.6 is 11.3 Å². The summed E-state index contributed by atoms with van der Waals surface area (Å²) in [6.45, 7) is 7.70.